The van der Waals surface area contributed by atoms with E-state index in [9.17, 15) is 0 Å². The summed E-state index contributed by atoms with van der Waals surface area (Å²) in [5, 5.41) is 2.09. The first-order chi connectivity index (χ1) is 7.84. The molecule has 2 heteroatoms. The monoisotopic (exact) mass is 229 g/mol. The SMILES string of the molecule is N[C@H](c1ccc2c(c1)CCC2)c1cccs1. The van der Waals surface area contributed by atoms with E-state index < -0.39 is 0 Å². The summed E-state index contributed by atoms with van der Waals surface area (Å²) in [6.07, 6.45) is 3.76. The summed E-state index contributed by atoms with van der Waals surface area (Å²) in [5.74, 6) is 0. The van der Waals surface area contributed by atoms with E-state index in [1.54, 1.807) is 11.3 Å². The summed E-state index contributed by atoms with van der Waals surface area (Å²) in [4.78, 5) is 1.25. The lowest BCUT2D eigenvalue weighted by molar-refractivity contribution is 0.887. The van der Waals surface area contributed by atoms with Crippen LogP contribution in [-0.2, 0) is 12.8 Å². The summed E-state index contributed by atoms with van der Waals surface area (Å²) >= 11 is 1.73. The first-order valence-corrected chi connectivity index (χ1v) is 6.63. The Morgan fingerprint density at radius 3 is 2.81 bits per heavy atom. The Bertz CT molecular complexity index is 487. The zero-order chi connectivity index (χ0) is 11.0. The Hall–Kier alpha value is -1.12. The van der Waals surface area contributed by atoms with Crippen LogP contribution >= 0.6 is 11.3 Å². The molecule has 0 unspecified atom stereocenters. The maximum atomic E-state index is 6.27. The molecule has 1 aliphatic carbocycles. The van der Waals surface area contributed by atoms with Crippen molar-refractivity contribution in [2.45, 2.75) is 25.3 Å². The summed E-state index contributed by atoms with van der Waals surface area (Å²) in [5.41, 5.74) is 10.5. The van der Waals surface area contributed by atoms with Crippen molar-refractivity contribution in [3.8, 4) is 0 Å². The van der Waals surface area contributed by atoms with E-state index in [1.165, 1.54) is 40.8 Å². The van der Waals surface area contributed by atoms with Crippen molar-refractivity contribution in [3.63, 3.8) is 0 Å². The molecule has 0 saturated carbocycles. The van der Waals surface area contributed by atoms with Gasteiger partial charge in [0.15, 0.2) is 0 Å². The van der Waals surface area contributed by atoms with Crippen molar-refractivity contribution in [1.29, 1.82) is 0 Å². The number of hydrogen-bond acceptors (Lipinski definition) is 2. The molecule has 0 fully saturated rings. The molecule has 0 spiro atoms. The van der Waals surface area contributed by atoms with E-state index in [-0.39, 0.29) is 6.04 Å². The predicted octanol–water partition coefficient (Wildman–Crippen LogP) is 3.28. The van der Waals surface area contributed by atoms with Gasteiger partial charge in [-0.05, 0) is 47.4 Å². The Morgan fingerprint density at radius 2 is 2.00 bits per heavy atom. The maximum Gasteiger partial charge on any atom is 0.0646 e. The molecule has 1 atom stereocenters. The van der Waals surface area contributed by atoms with Crippen molar-refractivity contribution in [1.82, 2.24) is 0 Å². The van der Waals surface area contributed by atoms with E-state index >= 15 is 0 Å². The van der Waals surface area contributed by atoms with E-state index in [4.69, 9.17) is 5.73 Å². The average molecular weight is 229 g/mol. The van der Waals surface area contributed by atoms with E-state index in [0.717, 1.165) is 0 Å². The van der Waals surface area contributed by atoms with Crippen LogP contribution in [0.2, 0.25) is 0 Å². The Kier molecular flexibility index (Phi) is 2.54. The highest BCUT2D eigenvalue weighted by atomic mass is 32.1. The molecule has 16 heavy (non-hydrogen) atoms. The number of rotatable bonds is 2. The maximum absolute atomic E-state index is 6.27. The third-order valence-electron chi connectivity index (χ3n) is 3.33. The third kappa shape index (κ3) is 1.68. The van der Waals surface area contributed by atoms with Crippen LogP contribution in [-0.4, -0.2) is 0 Å². The van der Waals surface area contributed by atoms with Gasteiger partial charge in [0.05, 0.1) is 6.04 Å². The van der Waals surface area contributed by atoms with Gasteiger partial charge in [0.1, 0.15) is 0 Å². The van der Waals surface area contributed by atoms with Gasteiger partial charge in [-0.15, -0.1) is 11.3 Å². The lowest BCUT2D eigenvalue weighted by Crippen LogP contribution is -2.10. The van der Waals surface area contributed by atoms with Crippen LogP contribution in [0.4, 0.5) is 0 Å². The summed E-state index contributed by atoms with van der Waals surface area (Å²) in [7, 11) is 0. The van der Waals surface area contributed by atoms with Crippen LogP contribution in [0.1, 0.15) is 34.0 Å². The second-order valence-corrected chi connectivity index (χ2v) is 5.35. The lowest BCUT2D eigenvalue weighted by Gasteiger charge is -2.11. The Labute approximate surface area is 99.9 Å². The highest BCUT2D eigenvalue weighted by Gasteiger charge is 2.15. The van der Waals surface area contributed by atoms with Gasteiger partial charge >= 0.3 is 0 Å². The zero-order valence-electron chi connectivity index (χ0n) is 9.15. The van der Waals surface area contributed by atoms with Crippen LogP contribution in [0.3, 0.4) is 0 Å². The standard InChI is InChI=1S/C14H15NS/c15-14(13-5-2-8-16-13)12-7-6-10-3-1-4-11(10)9-12/h2,5-9,14H,1,3-4,15H2/t14-/m1/s1. The van der Waals surface area contributed by atoms with Crippen LogP contribution in [0.25, 0.3) is 0 Å². The minimum absolute atomic E-state index is 0.0471. The Morgan fingerprint density at radius 1 is 1.12 bits per heavy atom. The van der Waals surface area contributed by atoms with Gasteiger partial charge in [-0.1, -0.05) is 24.3 Å². The number of fused-ring (bicyclic) bond motifs is 1. The molecule has 82 valence electrons. The molecule has 0 amide bonds. The average Bonchev–Trinajstić information content (AvgIpc) is 2.98. The van der Waals surface area contributed by atoms with Gasteiger partial charge in [-0.25, -0.2) is 0 Å². The van der Waals surface area contributed by atoms with Gasteiger partial charge in [-0.2, -0.15) is 0 Å². The largest absolute Gasteiger partial charge is 0.320 e. The third-order valence-corrected chi connectivity index (χ3v) is 4.29. The molecular formula is C14H15NS. The van der Waals surface area contributed by atoms with E-state index in [2.05, 4.69) is 35.7 Å². The quantitative estimate of drug-likeness (QED) is 0.840. The molecule has 0 aliphatic heterocycles. The normalized spacial score (nSPS) is 16.1. The molecular weight excluding hydrogens is 214 g/mol. The molecule has 2 N–H and O–H groups in total. The molecule has 1 aromatic carbocycles. The van der Waals surface area contributed by atoms with Gasteiger partial charge in [0, 0.05) is 4.88 Å². The molecule has 1 aliphatic rings. The van der Waals surface area contributed by atoms with Gasteiger partial charge in [-0.3, -0.25) is 0 Å². The van der Waals surface area contributed by atoms with Crippen molar-refractivity contribution in [3.05, 3.63) is 57.3 Å². The van der Waals surface area contributed by atoms with Crippen molar-refractivity contribution in [2.75, 3.05) is 0 Å². The molecule has 1 aromatic heterocycles. The number of aryl methyl sites for hydroxylation is 2. The molecule has 2 aromatic rings. The van der Waals surface area contributed by atoms with E-state index in [0.29, 0.717) is 0 Å². The predicted molar refractivity (Wildman–Crippen MR) is 68.8 cm³/mol. The summed E-state index contributed by atoms with van der Waals surface area (Å²) in [6.45, 7) is 0. The first kappa shape index (κ1) is 10.1. The number of nitrogens with two attached hydrogens (primary N) is 1. The second-order valence-electron chi connectivity index (χ2n) is 4.37. The first-order valence-electron chi connectivity index (χ1n) is 5.75. The molecule has 1 heterocycles. The lowest BCUT2D eigenvalue weighted by atomic mass is 10.0. The molecule has 1 nitrogen and oxygen atoms in total. The fourth-order valence-corrected chi connectivity index (χ4v) is 3.17. The molecule has 0 bridgehead atoms. The van der Waals surface area contributed by atoms with Crippen LogP contribution in [0.15, 0.2) is 35.7 Å². The highest BCUT2D eigenvalue weighted by molar-refractivity contribution is 7.10. The second kappa shape index (κ2) is 4.04. The fraction of sp³-hybridized carbons (Fsp3) is 0.286. The van der Waals surface area contributed by atoms with Gasteiger partial charge in [0.25, 0.3) is 0 Å². The summed E-state index contributed by atoms with van der Waals surface area (Å²) < 4.78 is 0. The van der Waals surface area contributed by atoms with Crippen molar-refractivity contribution >= 4 is 11.3 Å². The van der Waals surface area contributed by atoms with Gasteiger partial charge in [0.2, 0.25) is 0 Å². The van der Waals surface area contributed by atoms with Gasteiger partial charge < -0.3 is 5.73 Å². The minimum atomic E-state index is 0.0471. The van der Waals surface area contributed by atoms with Crippen LogP contribution in [0.5, 0.6) is 0 Å². The minimum Gasteiger partial charge on any atom is -0.320 e. The van der Waals surface area contributed by atoms with Crippen molar-refractivity contribution < 1.29 is 0 Å². The number of thiophene rings is 1. The topological polar surface area (TPSA) is 26.0 Å². The molecule has 0 radical (unpaired) electrons. The smallest absolute Gasteiger partial charge is 0.0646 e. The Balaban J connectivity index is 1.95. The number of benzene rings is 1. The van der Waals surface area contributed by atoms with Crippen LogP contribution < -0.4 is 5.73 Å². The molecule has 0 saturated heterocycles. The summed E-state index contributed by atoms with van der Waals surface area (Å²) in [6, 6.07) is 11.0. The van der Waals surface area contributed by atoms with Crippen LogP contribution in [0, 0.1) is 0 Å². The fourth-order valence-electron chi connectivity index (χ4n) is 2.42. The number of hydrogen-bond donors (Lipinski definition) is 1. The molecule has 3 rings (SSSR count). The highest BCUT2D eigenvalue weighted by Crippen LogP contribution is 2.28. The van der Waals surface area contributed by atoms with Crippen molar-refractivity contribution in [2.24, 2.45) is 5.73 Å². The zero-order valence-corrected chi connectivity index (χ0v) is 9.96. The van der Waals surface area contributed by atoms with E-state index in [1.807, 2.05) is 0 Å².